The summed E-state index contributed by atoms with van der Waals surface area (Å²) < 4.78 is 7.90. The SMILES string of the molecule is CC(C)OC[C@@]12CCCN1[C@H](Cn1ccnn1)CC2. The third kappa shape index (κ3) is 2.54. The number of hydrogen-bond acceptors (Lipinski definition) is 4. The monoisotopic (exact) mass is 264 g/mol. The van der Waals surface area contributed by atoms with Crippen LogP contribution in [0.1, 0.15) is 39.5 Å². The van der Waals surface area contributed by atoms with Crippen LogP contribution < -0.4 is 0 Å². The molecule has 0 N–H and O–H groups in total. The van der Waals surface area contributed by atoms with Crippen LogP contribution in [0, 0.1) is 0 Å². The number of nitrogens with zero attached hydrogens (tertiary/aromatic N) is 4. The van der Waals surface area contributed by atoms with Crippen LogP contribution in [0.5, 0.6) is 0 Å². The van der Waals surface area contributed by atoms with Gasteiger partial charge in [0.1, 0.15) is 0 Å². The lowest BCUT2D eigenvalue weighted by atomic mass is 9.95. The van der Waals surface area contributed by atoms with Crippen molar-refractivity contribution in [1.29, 1.82) is 0 Å². The minimum atomic E-state index is 0.301. The van der Waals surface area contributed by atoms with Crippen LogP contribution in [0.3, 0.4) is 0 Å². The van der Waals surface area contributed by atoms with Crippen molar-refractivity contribution in [3.05, 3.63) is 12.4 Å². The summed E-state index contributed by atoms with van der Waals surface area (Å²) >= 11 is 0. The topological polar surface area (TPSA) is 43.2 Å². The first-order valence-electron chi connectivity index (χ1n) is 7.42. The second kappa shape index (κ2) is 5.21. The number of ether oxygens (including phenoxy) is 1. The van der Waals surface area contributed by atoms with Gasteiger partial charge in [0.15, 0.2) is 0 Å². The van der Waals surface area contributed by atoms with E-state index in [0.29, 0.717) is 17.7 Å². The standard InChI is InChI=1S/C14H24N4O/c1-12(2)19-11-14-5-3-8-18(14)13(4-6-14)10-17-9-7-15-16-17/h7,9,12-13H,3-6,8,10-11H2,1-2H3/t13-,14-/m0/s1. The molecule has 0 radical (unpaired) electrons. The average Bonchev–Trinajstić information content (AvgIpc) is 3.06. The summed E-state index contributed by atoms with van der Waals surface area (Å²) in [5.41, 5.74) is 0.301. The highest BCUT2D eigenvalue weighted by Gasteiger charge is 2.49. The summed E-state index contributed by atoms with van der Waals surface area (Å²) in [4.78, 5) is 2.68. The molecule has 3 rings (SSSR count). The maximum atomic E-state index is 5.94. The molecule has 2 aliphatic rings. The lowest BCUT2D eigenvalue weighted by molar-refractivity contribution is -0.00669. The van der Waals surface area contributed by atoms with Gasteiger partial charge in [0.2, 0.25) is 0 Å². The van der Waals surface area contributed by atoms with E-state index in [1.165, 1.54) is 32.2 Å². The van der Waals surface area contributed by atoms with E-state index >= 15 is 0 Å². The highest BCUT2D eigenvalue weighted by Crippen LogP contribution is 2.43. The maximum absolute atomic E-state index is 5.94. The Kier molecular flexibility index (Phi) is 3.58. The zero-order valence-corrected chi connectivity index (χ0v) is 12.0. The molecule has 2 saturated heterocycles. The number of hydrogen-bond donors (Lipinski definition) is 0. The predicted octanol–water partition coefficient (Wildman–Crippen LogP) is 1.70. The average molecular weight is 264 g/mol. The molecular weight excluding hydrogens is 240 g/mol. The summed E-state index contributed by atoms with van der Waals surface area (Å²) in [7, 11) is 0. The van der Waals surface area contributed by atoms with E-state index < -0.39 is 0 Å². The van der Waals surface area contributed by atoms with Gasteiger partial charge >= 0.3 is 0 Å². The number of rotatable bonds is 5. The molecule has 2 fully saturated rings. The van der Waals surface area contributed by atoms with Gasteiger partial charge in [0.25, 0.3) is 0 Å². The van der Waals surface area contributed by atoms with E-state index in [9.17, 15) is 0 Å². The fraction of sp³-hybridized carbons (Fsp3) is 0.857. The van der Waals surface area contributed by atoms with Crippen molar-refractivity contribution in [2.75, 3.05) is 13.2 Å². The summed E-state index contributed by atoms with van der Waals surface area (Å²) in [5, 5.41) is 8.00. The van der Waals surface area contributed by atoms with E-state index in [1.54, 1.807) is 6.20 Å². The Balaban J connectivity index is 1.67. The second-order valence-electron chi connectivity index (χ2n) is 6.20. The van der Waals surface area contributed by atoms with Crippen LogP contribution in [0.2, 0.25) is 0 Å². The lowest BCUT2D eigenvalue weighted by Crippen LogP contribution is -2.47. The zero-order valence-electron chi connectivity index (χ0n) is 12.0. The van der Waals surface area contributed by atoms with E-state index in [4.69, 9.17) is 4.74 Å². The Morgan fingerprint density at radius 3 is 3.05 bits per heavy atom. The van der Waals surface area contributed by atoms with Crippen LogP contribution in [-0.4, -0.2) is 50.7 Å². The molecule has 0 bridgehead atoms. The largest absolute Gasteiger partial charge is 0.377 e. The fourth-order valence-electron chi connectivity index (χ4n) is 3.67. The molecule has 2 aliphatic heterocycles. The van der Waals surface area contributed by atoms with Gasteiger partial charge in [0, 0.05) is 17.8 Å². The van der Waals surface area contributed by atoms with Crippen molar-refractivity contribution in [1.82, 2.24) is 19.9 Å². The first kappa shape index (κ1) is 13.1. The van der Waals surface area contributed by atoms with Gasteiger partial charge in [-0.25, -0.2) is 0 Å². The molecule has 5 heteroatoms. The van der Waals surface area contributed by atoms with E-state index in [-0.39, 0.29) is 0 Å². The summed E-state index contributed by atoms with van der Waals surface area (Å²) in [6.07, 6.45) is 9.14. The summed E-state index contributed by atoms with van der Waals surface area (Å²) in [5.74, 6) is 0. The molecule has 106 valence electrons. The Bertz CT molecular complexity index is 406. The molecule has 0 saturated carbocycles. The third-order valence-electron chi connectivity index (χ3n) is 4.59. The highest BCUT2D eigenvalue weighted by molar-refractivity contribution is 5.04. The third-order valence-corrected chi connectivity index (χ3v) is 4.59. The first-order chi connectivity index (χ1) is 9.20. The van der Waals surface area contributed by atoms with Gasteiger partial charge in [-0.05, 0) is 46.1 Å². The number of aromatic nitrogens is 3. The van der Waals surface area contributed by atoms with Crippen molar-refractivity contribution in [2.24, 2.45) is 0 Å². The van der Waals surface area contributed by atoms with Gasteiger partial charge < -0.3 is 4.74 Å². The lowest BCUT2D eigenvalue weighted by Gasteiger charge is -2.35. The minimum absolute atomic E-state index is 0.301. The molecule has 0 aromatic carbocycles. The maximum Gasteiger partial charge on any atom is 0.0692 e. The Morgan fingerprint density at radius 2 is 2.32 bits per heavy atom. The van der Waals surface area contributed by atoms with Crippen molar-refractivity contribution >= 4 is 0 Å². The normalized spacial score (nSPS) is 31.2. The van der Waals surface area contributed by atoms with Crippen molar-refractivity contribution in [3.8, 4) is 0 Å². The molecule has 1 aromatic rings. The van der Waals surface area contributed by atoms with Gasteiger partial charge in [-0.3, -0.25) is 9.58 Å². The molecule has 0 unspecified atom stereocenters. The van der Waals surface area contributed by atoms with Crippen LogP contribution in [-0.2, 0) is 11.3 Å². The summed E-state index contributed by atoms with van der Waals surface area (Å²) in [6, 6.07) is 0.597. The molecule has 1 aromatic heterocycles. The van der Waals surface area contributed by atoms with Crippen LogP contribution in [0.15, 0.2) is 12.4 Å². The Labute approximate surface area is 114 Å². The molecule has 0 spiro atoms. The predicted molar refractivity (Wildman–Crippen MR) is 72.8 cm³/mol. The second-order valence-corrected chi connectivity index (χ2v) is 6.20. The van der Waals surface area contributed by atoms with Crippen LogP contribution in [0.4, 0.5) is 0 Å². The molecule has 5 nitrogen and oxygen atoms in total. The number of fused-ring (bicyclic) bond motifs is 1. The van der Waals surface area contributed by atoms with Gasteiger partial charge in [-0.2, -0.15) is 0 Å². The van der Waals surface area contributed by atoms with E-state index in [2.05, 4.69) is 29.1 Å². The Morgan fingerprint density at radius 1 is 1.42 bits per heavy atom. The smallest absolute Gasteiger partial charge is 0.0692 e. The molecule has 19 heavy (non-hydrogen) atoms. The quantitative estimate of drug-likeness (QED) is 0.812. The summed E-state index contributed by atoms with van der Waals surface area (Å²) in [6.45, 7) is 7.30. The highest BCUT2D eigenvalue weighted by atomic mass is 16.5. The first-order valence-corrected chi connectivity index (χ1v) is 7.42. The van der Waals surface area contributed by atoms with Crippen molar-refractivity contribution < 1.29 is 4.74 Å². The molecule has 0 amide bonds. The van der Waals surface area contributed by atoms with Crippen molar-refractivity contribution in [2.45, 2.75) is 63.8 Å². The molecule has 2 atom stereocenters. The van der Waals surface area contributed by atoms with E-state index in [0.717, 1.165) is 13.2 Å². The Hall–Kier alpha value is -0.940. The molecule has 0 aliphatic carbocycles. The minimum Gasteiger partial charge on any atom is -0.377 e. The van der Waals surface area contributed by atoms with Gasteiger partial charge in [-0.15, -0.1) is 5.10 Å². The van der Waals surface area contributed by atoms with Crippen LogP contribution in [0.25, 0.3) is 0 Å². The fourth-order valence-corrected chi connectivity index (χ4v) is 3.67. The van der Waals surface area contributed by atoms with E-state index in [1.807, 2.05) is 10.9 Å². The van der Waals surface area contributed by atoms with Crippen molar-refractivity contribution in [3.63, 3.8) is 0 Å². The van der Waals surface area contributed by atoms with Gasteiger partial charge in [0.05, 0.1) is 25.5 Å². The van der Waals surface area contributed by atoms with Gasteiger partial charge in [-0.1, -0.05) is 5.21 Å². The van der Waals surface area contributed by atoms with Crippen LogP contribution >= 0.6 is 0 Å². The molecule has 3 heterocycles. The molecular formula is C14H24N4O. The zero-order chi connectivity index (χ0) is 13.3.